The molecule has 2 rings (SSSR count). The number of hydrogen-bond acceptors (Lipinski definition) is 2. The minimum atomic E-state index is 0.198. The second-order valence-electron chi connectivity index (χ2n) is 6.59. The molecule has 0 spiro atoms. The molecule has 3 atom stereocenters. The number of fused-ring (bicyclic) bond motifs is 1. The molecule has 3 unspecified atom stereocenters. The standard InChI is InChI=1S/C17H31NO/c1-2-3-4-5-6-7-12-17(19)16-13-14-10-8-9-11-15(14)18-16/h14-16,18H,2-13H2,1H3. The van der Waals surface area contributed by atoms with Crippen LogP contribution in [0.25, 0.3) is 0 Å². The van der Waals surface area contributed by atoms with E-state index in [4.69, 9.17) is 0 Å². The lowest BCUT2D eigenvalue weighted by Gasteiger charge is -2.24. The minimum absolute atomic E-state index is 0.198. The van der Waals surface area contributed by atoms with Crippen molar-refractivity contribution in [3.63, 3.8) is 0 Å². The molecule has 1 heterocycles. The average Bonchev–Trinajstić information content (AvgIpc) is 2.86. The van der Waals surface area contributed by atoms with Gasteiger partial charge in [-0.15, -0.1) is 0 Å². The van der Waals surface area contributed by atoms with E-state index >= 15 is 0 Å². The lowest BCUT2D eigenvalue weighted by atomic mass is 9.84. The molecule has 0 aromatic heterocycles. The molecule has 1 saturated heterocycles. The van der Waals surface area contributed by atoms with E-state index in [1.165, 1.54) is 57.8 Å². The largest absolute Gasteiger partial charge is 0.304 e. The van der Waals surface area contributed by atoms with Crippen molar-refractivity contribution in [1.82, 2.24) is 5.32 Å². The van der Waals surface area contributed by atoms with Gasteiger partial charge in [0, 0.05) is 12.5 Å². The Morgan fingerprint density at radius 2 is 1.79 bits per heavy atom. The SMILES string of the molecule is CCCCCCCCC(=O)C1CC2CCCCC2N1. The zero-order valence-corrected chi connectivity index (χ0v) is 12.6. The van der Waals surface area contributed by atoms with E-state index in [0.29, 0.717) is 11.8 Å². The lowest BCUT2D eigenvalue weighted by molar-refractivity contribution is -0.120. The monoisotopic (exact) mass is 265 g/mol. The Balaban J connectivity index is 1.59. The Morgan fingerprint density at radius 1 is 1.05 bits per heavy atom. The third kappa shape index (κ3) is 4.59. The van der Waals surface area contributed by atoms with Gasteiger partial charge in [-0.05, 0) is 31.6 Å². The van der Waals surface area contributed by atoms with Crippen LogP contribution in [0.5, 0.6) is 0 Å². The first-order valence-corrected chi connectivity index (χ1v) is 8.60. The molecule has 2 fully saturated rings. The fourth-order valence-corrected chi connectivity index (χ4v) is 3.82. The van der Waals surface area contributed by atoms with Crippen LogP contribution in [0, 0.1) is 5.92 Å². The fourth-order valence-electron chi connectivity index (χ4n) is 3.82. The topological polar surface area (TPSA) is 29.1 Å². The summed E-state index contributed by atoms with van der Waals surface area (Å²) in [5.41, 5.74) is 0. The molecule has 1 aliphatic carbocycles. The summed E-state index contributed by atoms with van der Waals surface area (Å²) in [6.45, 7) is 2.24. The highest BCUT2D eigenvalue weighted by molar-refractivity contribution is 5.84. The zero-order valence-electron chi connectivity index (χ0n) is 12.6. The maximum absolute atomic E-state index is 12.2. The van der Waals surface area contributed by atoms with Crippen molar-refractivity contribution in [2.24, 2.45) is 5.92 Å². The summed E-state index contributed by atoms with van der Waals surface area (Å²) in [4.78, 5) is 12.2. The van der Waals surface area contributed by atoms with Gasteiger partial charge in [-0.25, -0.2) is 0 Å². The van der Waals surface area contributed by atoms with Gasteiger partial charge in [0.25, 0.3) is 0 Å². The lowest BCUT2D eigenvalue weighted by Crippen LogP contribution is -2.37. The smallest absolute Gasteiger partial charge is 0.149 e. The van der Waals surface area contributed by atoms with Gasteiger partial charge < -0.3 is 5.32 Å². The van der Waals surface area contributed by atoms with Crippen LogP contribution in [0.1, 0.15) is 84.0 Å². The Bertz CT molecular complexity index is 262. The predicted octanol–water partition coefficient (Wildman–Crippen LogP) is 4.23. The number of unbranched alkanes of at least 4 members (excludes halogenated alkanes) is 5. The van der Waals surface area contributed by atoms with Crippen LogP contribution < -0.4 is 5.32 Å². The molecule has 2 aliphatic rings. The number of hydrogen-bond donors (Lipinski definition) is 1. The first-order chi connectivity index (χ1) is 9.31. The molecule has 0 bridgehead atoms. The molecule has 1 N–H and O–H groups in total. The summed E-state index contributed by atoms with van der Waals surface area (Å²) in [6, 6.07) is 0.857. The highest BCUT2D eigenvalue weighted by Crippen LogP contribution is 2.33. The van der Waals surface area contributed by atoms with Gasteiger partial charge in [0.05, 0.1) is 6.04 Å². The number of nitrogens with one attached hydrogen (secondary N) is 1. The van der Waals surface area contributed by atoms with Gasteiger partial charge in [0.15, 0.2) is 0 Å². The molecule has 1 aliphatic heterocycles. The molecular formula is C17H31NO. The van der Waals surface area contributed by atoms with Gasteiger partial charge in [0.2, 0.25) is 0 Å². The van der Waals surface area contributed by atoms with Crippen LogP contribution in [-0.2, 0) is 4.79 Å². The van der Waals surface area contributed by atoms with Gasteiger partial charge in [-0.3, -0.25) is 4.79 Å². The van der Waals surface area contributed by atoms with E-state index in [1.807, 2.05) is 0 Å². The van der Waals surface area contributed by atoms with Crippen molar-refractivity contribution in [3.8, 4) is 0 Å². The third-order valence-corrected chi connectivity index (χ3v) is 5.03. The van der Waals surface area contributed by atoms with E-state index < -0.39 is 0 Å². The molecule has 1 saturated carbocycles. The van der Waals surface area contributed by atoms with E-state index in [-0.39, 0.29) is 6.04 Å². The van der Waals surface area contributed by atoms with Crippen molar-refractivity contribution >= 4 is 5.78 Å². The molecular weight excluding hydrogens is 234 g/mol. The van der Waals surface area contributed by atoms with Crippen LogP contribution in [0.2, 0.25) is 0 Å². The summed E-state index contributed by atoms with van der Waals surface area (Å²) in [6.07, 6.45) is 15.0. The zero-order chi connectivity index (χ0) is 13.5. The highest BCUT2D eigenvalue weighted by atomic mass is 16.1. The van der Waals surface area contributed by atoms with Crippen molar-refractivity contribution in [2.45, 2.75) is 96.1 Å². The number of rotatable bonds is 8. The first kappa shape index (κ1) is 15.0. The summed E-state index contributed by atoms with van der Waals surface area (Å²) in [5, 5.41) is 3.60. The van der Waals surface area contributed by atoms with Gasteiger partial charge in [-0.2, -0.15) is 0 Å². The fraction of sp³-hybridized carbons (Fsp3) is 0.941. The highest BCUT2D eigenvalue weighted by Gasteiger charge is 2.37. The van der Waals surface area contributed by atoms with Crippen LogP contribution in [-0.4, -0.2) is 17.9 Å². The van der Waals surface area contributed by atoms with E-state index in [1.54, 1.807) is 0 Å². The second-order valence-corrected chi connectivity index (χ2v) is 6.59. The van der Waals surface area contributed by atoms with Crippen molar-refractivity contribution in [3.05, 3.63) is 0 Å². The maximum atomic E-state index is 12.2. The normalized spacial score (nSPS) is 30.3. The van der Waals surface area contributed by atoms with Gasteiger partial charge >= 0.3 is 0 Å². The molecule has 0 radical (unpaired) electrons. The van der Waals surface area contributed by atoms with E-state index in [0.717, 1.165) is 25.2 Å². The minimum Gasteiger partial charge on any atom is -0.304 e. The molecule has 0 aromatic carbocycles. The third-order valence-electron chi connectivity index (χ3n) is 5.03. The number of Topliss-reactive ketones (excluding diaryl/α,β-unsaturated/α-hetero) is 1. The molecule has 0 amide bonds. The van der Waals surface area contributed by atoms with Crippen LogP contribution in [0.15, 0.2) is 0 Å². The Hall–Kier alpha value is -0.370. The molecule has 2 nitrogen and oxygen atoms in total. The molecule has 19 heavy (non-hydrogen) atoms. The summed E-state index contributed by atoms with van der Waals surface area (Å²) in [7, 11) is 0. The molecule has 2 heteroatoms. The van der Waals surface area contributed by atoms with Crippen molar-refractivity contribution < 1.29 is 4.79 Å². The quantitative estimate of drug-likeness (QED) is 0.666. The first-order valence-electron chi connectivity index (χ1n) is 8.60. The van der Waals surface area contributed by atoms with Gasteiger partial charge in [0.1, 0.15) is 5.78 Å². The Morgan fingerprint density at radius 3 is 2.58 bits per heavy atom. The van der Waals surface area contributed by atoms with Crippen LogP contribution in [0.3, 0.4) is 0 Å². The predicted molar refractivity (Wildman–Crippen MR) is 80.3 cm³/mol. The molecule has 110 valence electrons. The summed E-state index contributed by atoms with van der Waals surface area (Å²) < 4.78 is 0. The Kier molecular flexibility index (Phi) is 6.36. The van der Waals surface area contributed by atoms with Crippen LogP contribution >= 0.6 is 0 Å². The molecule has 0 aromatic rings. The average molecular weight is 265 g/mol. The number of carbonyl (C=O) groups is 1. The van der Waals surface area contributed by atoms with Crippen molar-refractivity contribution in [1.29, 1.82) is 0 Å². The summed E-state index contributed by atoms with van der Waals surface area (Å²) in [5.74, 6) is 1.29. The summed E-state index contributed by atoms with van der Waals surface area (Å²) >= 11 is 0. The maximum Gasteiger partial charge on any atom is 0.149 e. The number of carbonyl (C=O) groups excluding carboxylic acids is 1. The Labute approximate surface area is 118 Å². The van der Waals surface area contributed by atoms with E-state index in [2.05, 4.69) is 12.2 Å². The number of ketones is 1. The van der Waals surface area contributed by atoms with Crippen LogP contribution in [0.4, 0.5) is 0 Å². The van der Waals surface area contributed by atoms with Crippen molar-refractivity contribution in [2.75, 3.05) is 0 Å². The van der Waals surface area contributed by atoms with E-state index in [9.17, 15) is 4.79 Å². The second kappa shape index (κ2) is 8.04. The van der Waals surface area contributed by atoms with Gasteiger partial charge in [-0.1, -0.05) is 51.9 Å².